The Morgan fingerprint density at radius 2 is 1.62 bits per heavy atom. The normalized spacial score (nSPS) is 45.7. The number of hydrogen-bond donors (Lipinski definition) is 3. The number of ketones is 1. The van der Waals surface area contributed by atoms with Crippen LogP contribution in [0.1, 0.15) is 38.5 Å². The molecule has 0 aliphatic heterocycles. The highest BCUT2D eigenvalue weighted by atomic mass is 16.3. The minimum Gasteiger partial charge on any atom is -0.390 e. The Hall–Kier alpha value is -0.450. The lowest BCUT2D eigenvalue weighted by Crippen LogP contribution is -2.47. The van der Waals surface area contributed by atoms with Gasteiger partial charge >= 0.3 is 0 Å². The van der Waals surface area contributed by atoms with Crippen molar-refractivity contribution in [2.75, 3.05) is 0 Å². The number of Topliss-reactive ketones (excluding diaryl/α,β-unsaturated/α-hetero) is 1. The second-order valence-electron chi connectivity index (χ2n) is 5.12. The van der Waals surface area contributed by atoms with Crippen molar-refractivity contribution >= 4 is 5.78 Å². The Morgan fingerprint density at radius 3 is 2.38 bits per heavy atom. The lowest BCUT2D eigenvalue weighted by molar-refractivity contribution is -0.140. The van der Waals surface area contributed by atoms with Gasteiger partial charge in [-0.2, -0.15) is 0 Å². The van der Waals surface area contributed by atoms with E-state index in [9.17, 15) is 20.1 Å². The predicted octanol–water partition coefficient (Wildman–Crippen LogP) is 0.238. The first-order valence-corrected chi connectivity index (χ1v) is 6.18. The first-order chi connectivity index (χ1) is 7.61. The highest BCUT2D eigenvalue weighted by molar-refractivity contribution is 5.83. The molecule has 2 aliphatic rings. The molecule has 3 N–H and O–H groups in total. The molecule has 2 saturated carbocycles. The molecule has 0 amide bonds. The second kappa shape index (κ2) is 4.82. The quantitative estimate of drug-likeness (QED) is 0.600. The monoisotopic (exact) mass is 228 g/mol. The maximum absolute atomic E-state index is 11.4. The molecule has 0 heterocycles. The third kappa shape index (κ3) is 2.14. The van der Waals surface area contributed by atoms with E-state index in [4.69, 9.17) is 0 Å². The van der Waals surface area contributed by atoms with E-state index in [2.05, 4.69) is 0 Å². The third-order valence-electron chi connectivity index (χ3n) is 4.12. The summed E-state index contributed by atoms with van der Waals surface area (Å²) in [7, 11) is 0. The van der Waals surface area contributed by atoms with Crippen LogP contribution in [0.15, 0.2) is 0 Å². The largest absolute Gasteiger partial charge is 0.390 e. The molecule has 5 unspecified atom stereocenters. The van der Waals surface area contributed by atoms with Crippen molar-refractivity contribution in [3.8, 4) is 0 Å². The summed E-state index contributed by atoms with van der Waals surface area (Å²) in [4.78, 5) is 11.4. The fourth-order valence-electron chi connectivity index (χ4n) is 3.16. The number of rotatable bonds is 1. The Balaban J connectivity index is 2.07. The van der Waals surface area contributed by atoms with Crippen molar-refractivity contribution in [1.82, 2.24) is 0 Å². The topological polar surface area (TPSA) is 77.8 Å². The molecule has 0 radical (unpaired) electrons. The average Bonchev–Trinajstić information content (AvgIpc) is 2.27. The number of aliphatic hydroxyl groups is 3. The van der Waals surface area contributed by atoms with Crippen molar-refractivity contribution < 1.29 is 20.1 Å². The van der Waals surface area contributed by atoms with Crippen LogP contribution < -0.4 is 0 Å². The van der Waals surface area contributed by atoms with Crippen LogP contribution in [0.4, 0.5) is 0 Å². The van der Waals surface area contributed by atoms with Gasteiger partial charge < -0.3 is 15.3 Å². The van der Waals surface area contributed by atoms with Gasteiger partial charge in [0.1, 0.15) is 6.10 Å². The number of carbonyl (C=O) groups excluding carboxylic acids is 1. The third-order valence-corrected chi connectivity index (χ3v) is 4.12. The fraction of sp³-hybridized carbons (Fsp3) is 0.917. The van der Waals surface area contributed by atoms with E-state index in [1.165, 1.54) is 0 Å². The average molecular weight is 228 g/mol. The first kappa shape index (κ1) is 12.0. The minimum atomic E-state index is -0.932. The summed E-state index contributed by atoms with van der Waals surface area (Å²) in [5, 5.41) is 29.4. The van der Waals surface area contributed by atoms with Crippen LogP contribution in [-0.4, -0.2) is 39.4 Å². The van der Waals surface area contributed by atoms with Crippen molar-refractivity contribution in [3.05, 3.63) is 0 Å². The molecular weight excluding hydrogens is 208 g/mol. The molecule has 0 aromatic carbocycles. The van der Waals surface area contributed by atoms with Crippen LogP contribution in [0, 0.1) is 11.8 Å². The predicted molar refractivity (Wildman–Crippen MR) is 57.7 cm³/mol. The number of carbonyl (C=O) groups is 1. The zero-order chi connectivity index (χ0) is 11.7. The van der Waals surface area contributed by atoms with E-state index in [0.29, 0.717) is 12.8 Å². The van der Waals surface area contributed by atoms with E-state index < -0.39 is 18.3 Å². The summed E-state index contributed by atoms with van der Waals surface area (Å²) in [6.45, 7) is 0. The van der Waals surface area contributed by atoms with Gasteiger partial charge in [0.2, 0.25) is 0 Å². The van der Waals surface area contributed by atoms with Crippen LogP contribution in [0.5, 0.6) is 0 Å². The highest BCUT2D eigenvalue weighted by Gasteiger charge is 2.42. The molecule has 2 aliphatic carbocycles. The summed E-state index contributed by atoms with van der Waals surface area (Å²) in [6.07, 6.45) is 1.90. The zero-order valence-corrected chi connectivity index (χ0v) is 9.38. The molecular formula is C12H20O4. The summed E-state index contributed by atoms with van der Waals surface area (Å²) in [5.41, 5.74) is 0. The van der Waals surface area contributed by atoms with Gasteiger partial charge in [0.15, 0.2) is 5.78 Å². The van der Waals surface area contributed by atoms with Crippen LogP contribution in [0.2, 0.25) is 0 Å². The SMILES string of the molecule is O=C1CCCC(C2CCCC(O)C2O)C1O. The Morgan fingerprint density at radius 1 is 0.938 bits per heavy atom. The van der Waals surface area contributed by atoms with Crippen LogP contribution in [0.25, 0.3) is 0 Å². The summed E-state index contributed by atoms with van der Waals surface area (Å²) < 4.78 is 0. The fourth-order valence-corrected chi connectivity index (χ4v) is 3.16. The number of hydrogen-bond acceptors (Lipinski definition) is 4. The Labute approximate surface area is 95.3 Å². The van der Waals surface area contributed by atoms with E-state index in [1.807, 2.05) is 0 Å². The molecule has 0 saturated heterocycles. The van der Waals surface area contributed by atoms with E-state index in [1.54, 1.807) is 0 Å². The summed E-state index contributed by atoms with van der Waals surface area (Å²) >= 11 is 0. The van der Waals surface area contributed by atoms with E-state index >= 15 is 0 Å². The van der Waals surface area contributed by atoms with E-state index in [0.717, 1.165) is 25.7 Å². The van der Waals surface area contributed by atoms with Crippen LogP contribution in [-0.2, 0) is 4.79 Å². The Kier molecular flexibility index (Phi) is 3.62. The molecule has 2 fully saturated rings. The molecule has 4 heteroatoms. The highest BCUT2D eigenvalue weighted by Crippen LogP contribution is 2.37. The van der Waals surface area contributed by atoms with Gasteiger partial charge in [-0.3, -0.25) is 4.79 Å². The van der Waals surface area contributed by atoms with Gasteiger partial charge in [-0.15, -0.1) is 0 Å². The van der Waals surface area contributed by atoms with Crippen LogP contribution >= 0.6 is 0 Å². The first-order valence-electron chi connectivity index (χ1n) is 6.18. The molecule has 0 aromatic rings. The molecule has 5 atom stereocenters. The summed E-state index contributed by atoms with van der Waals surface area (Å²) in [5.74, 6) is -0.391. The minimum absolute atomic E-state index is 0.108. The Bertz CT molecular complexity index is 266. The lowest BCUT2D eigenvalue weighted by atomic mass is 9.69. The molecule has 2 rings (SSSR count). The van der Waals surface area contributed by atoms with Crippen molar-refractivity contribution in [3.63, 3.8) is 0 Å². The molecule has 0 spiro atoms. The second-order valence-corrected chi connectivity index (χ2v) is 5.12. The standard InChI is InChI=1S/C12H20O4/c13-9-5-1-3-7(11(9)15)8-4-2-6-10(14)12(8)16/h7-9,11-13,15-16H,1-6H2. The van der Waals surface area contributed by atoms with Gasteiger partial charge in [-0.25, -0.2) is 0 Å². The van der Waals surface area contributed by atoms with Gasteiger partial charge in [0.25, 0.3) is 0 Å². The molecule has 0 bridgehead atoms. The van der Waals surface area contributed by atoms with Gasteiger partial charge in [-0.05, 0) is 37.5 Å². The van der Waals surface area contributed by atoms with Crippen molar-refractivity contribution in [2.24, 2.45) is 11.8 Å². The maximum atomic E-state index is 11.4. The van der Waals surface area contributed by atoms with Crippen LogP contribution in [0.3, 0.4) is 0 Å². The molecule has 4 nitrogen and oxygen atoms in total. The lowest BCUT2D eigenvalue weighted by Gasteiger charge is -2.40. The number of aliphatic hydroxyl groups excluding tert-OH is 3. The maximum Gasteiger partial charge on any atom is 0.161 e. The van der Waals surface area contributed by atoms with Gasteiger partial charge in [-0.1, -0.05) is 6.42 Å². The smallest absolute Gasteiger partial charge is 0.161 e. The summed E-state index contributed by atoms with van der Waals surface area (Å²) in [6, 6.07) is 0. The zero-order valence-electron chi connectivity index (χ0n) is 9.38. The molecule has 16 heavy (non-hydrogen) atoms. The van der Waals surface area contributed by atoms with E-state index in [-0.39, 0.29) is 17.6 Å². The van der Waals surface area contributed by atoms with Gasteiger partial charge in [0, 0.05) is 6.42 Å². The van der Waals surface area contributed by atoms with Crippen molar-refractivity contribution in [2.45, 2.75) is 56.8 Å². The van der Waals surface area contributed by atoms with Gasteiger partial charge in [0.05, 0.1) is 12.2 Å². The van der Waals surface area contributed by atoms with Crippen molar-refractivity contribution in [1.29, 1.82) is 0 Å². The molecule has 92 valence electrons. The molecule has 0 aromatic heterocycles.